The van der Waals surface area contributed by atoms with Crippen molar-refractivity contribution in [3.63, 3.8) is 0 Å². The summed E-state index contributed by atoms with van der Waals surface area (Å²) in [5.41, 5.74) is 14.2. The van der Waals surface area contributed by atoms with Gasteiger partial charge in [-0.15, -0.1) is 0 Å². The minimum Gasteiger partial charge on any atom is -0.481 e. The first kappa shape index (κ1) is 18.2. The van der Waals surface area contributed by atoms with Crippen molar-refractivity contribution in [1.82, 2.24) is 0 Å². The molecule has 0 aliphatic carbocycles. The van der Waals surface area contributed by atoms with E-state index >= 15 is 0 Å². The van der Waals surface area contributed by atoms with Crippen molar-refractivity contribution < 1.29 is 9.90 Å². The summed E-state index contributed by atoms with van der Waals surface area (Å²) in [6, 6.07) is 14.6. The zero-order valence-corrected chi connectivity index (χ0v) is 13.8. The van der Waals surface area contributed by atoms with Gasteiger partial charge in [0.2, 0.25) is 0 Å². The first-order chi connectivity index (χ1) is 11.9. The number of benzene rings is 2. The quantitative estimate of drug-likeness (QED) is 0.373. The van der Waals surface area contributed by atoms with Crippen LogP contribution >= 0.6 is 0 Å². The largest absolute Gasteiger partial charge is 0.481 e. The van der Waals surface area contributed by atoms with Crippen LogP contribution in [0.3, 0.4) is 0 Å². The van der Waals surface area contributed by atoms with E-state index in [-0.39, 0.29) is 24.0 Å². The zero-order chi connectivity index (χ0) is 18.4. The molecule has 0 saturated carbocycles. The van der Waals surface area contributed by atoms with E-state index in [2.05, 4.69) is 0 Å². The molecule has 0 aliphatic rings. The number of aliphatic carboxylic acids is 1. The molecule has 25 heavy (non-hydrogen) atoms. The normalized spacial score (nSPS) is 11.7. The number of amidine groups is 2. The molecule has 2 aromatic carbocycles. The highest BCUT2D eigenvalue weighted by molar-refractivity contribution is 5.95. The standard InChI is InChI=1S/C19H22N4O2/c20-18(21)14-4-1-12(2-5-14)3-6-16(11-17(24)25)13-7-9-15(10-8-13)19(22)23/h1-2,4-5,7-10,16H,3,6,11H2,(H3,20,21)(H3,22,23)(H,24,25). The Morgan fingerprint density at radius 3 is 1.84 bits per heavy atom. The summed E-state index contributed by atoms with van der Waals surface area (Å²) in [7, 11) is 0. The van der Waals surface area contributed by atoms with E-state index in [0.29, 0.717) is 17.5 Å². The van der Waals surface area contributed by atoms with E-state index in [1.165, 1.54) is 0 Å². The molecule has 0 spiro atoms. The smallest absolute Gasteiger partial charge is 0.303 e. The maximum Gasteiger partial charge on any atom is 0.303 e. The predicted octanol–water partition coefficient (Wildman–Crippen LogP) is 2.45. The summed E-state index contributed by atoms with van der Waals surface area (Å²) < 4.78 is 0. The van der Waals surface area contributed by atoms with Crippen molar-refractivity contribution in [3.8, 4) is 0 Å². The van der Waals surface area contributed by atoms with E-state index in [0.717, 1.165) is 17.5 Å². The number of hydrogen-bond acceptors (Lipinski definition) is 3. The minimum absolute atomic E-state index is 0.00750. The molecule has 0 saturated heterocycles. The summed E-state index contributed by atoms with van der Waals surface area (Å²) >= 11 is 0. The van der Waals surface area contributed by atoms with Gasteiger partial charge in [-0.05, 0) is 29.9 Å². The van der Waals surface area contributed by atoms with Gasteiger partial charge in [0, 0.05) is 11.1 Å². The third kappa shape index (κ3) is 5.17. The Labute approximate surface area is 146 Å². The Bertz CT molecular complexity index is 767. The molecule has 130 valence electrons. The van der Waals surface area contributed by atoms with Gasteiger partial charge in [0.25, 0.3) is 0 Å². The lowest BCUT2D eigenvalue weighted by Crippen LogP contribution is -2.12. The molecule has 7 N–H and O–H groups in total. The maximum absolute atomic E-state index is 11.2. The second-order valence-corrected chi connectivity index (χ2v) is 5.98. The number of nitrogens with two attached hydrogens (primary N) is 2. The molecule has 0 heterocycles. The second-order valence-electron chi connectivity index (χ2n) is 5.98. The predicted molar refractivity (Wildman–Crippen MR) is 98.2 cm³/mol. The topological polar surface area (TPSA) is 137 Å². The zero-order valence-electron chi connectivity index (χ0n) is 13.8. The highest BCUT2D eigenvalue weighted by Gasteiger charge is 2.16. The summed E-state index contributed by atoms with van der Waals surface area (Å²) in [4.78, 5) is 11.2. The molecule has 0 radical (unpaired) electrons. The molecule has 0 amide bonds. The Morgan fingerprint density at radius 1 is 0.920 bits per heavy atom. The minimum atomic E-state index is -0.840. The Balaban J connectivity index is 2.10. The van der Waals surface area contributed by atoms with Crippen molar-refractivity contribution in [2.75, 3.05) is 0 Å². The van der Waals surface area contributed by atoms with Crippen LogP contribution in [0.1, 0.15) is 41.0 Å². The lowest BCUT2D eigenvalue weighted by atomic mass is 9.89. The van der Waals surface area contributed by atoms with E-state index in [4.69, 9.17) is 22.3 Å². The van der Waals surface area contributed by atoms with Crippen molar-refractivity contribution in [1.29, 1.82) is 10.8 Å². The van der Waals surface area contributed by atoms with E-state index in [1.807, 2.05) is 24.3 Å². The first-order valence-corrected chi connectivity index (χ1v) is 7.96. The molecule has 0 aliphatic heterocycles. The average Bonchev–Trinajstić information content (AvgIpc) is 2.58. The summed E-state index contributed by atoms with van der Waals surface area (Å²) in [6.07, 6.45) is 1.46. The van der Waals surface area contributed by atoms with Crippen LogP contribution in [-0.4, -0.2) is 22.7 Å². The van der Waals surface area contributed by atoms with E-state index < -0.39 is 5.97 Å². The van der Waals surface area contributed by atoms with Gasteiger partial charge in [-0.3, -0.25) is 15.6 Å². The van der Waals surface area contributed by atoms with Crippen LogP contribution in [0.15, 0.2) is 48.5 Å². The van der Waals surface area contributed by atoms with Gasteiger partial charge in [0.05, 0.1) is 6.42 Å². The summed E-state index contributed by atoms with van der Waals surface area (Å²) in [5, 5.41) is 24.0. The third-order valence-electron chi connectivity index (χ3n) is 4.16. The van der Waals surface area contributed by atoms with Gasteiger partial charge < -0.3 is 16.6 Å². The molecule has 0 bridgehead atoms. The third-order valence-corrected chi connectivity index (χ3v) is 4.16. The molecule has 2 aromatic rings. The summed E-state index contributed by atoms with van der Waals surface area (Å²) in [6.45, 7) is 0. The molecular weight excluding hydrogens is 316 g/mol. The molecule has 6 heteroatoms. The number of rotatable bonds is 8. The maximum atomic E-state index is 11.2. The van der Waals surface area contributed by atoms with E-state index in [9.17, 15) is 9.90 Å². The highest BCUT2D eigenvalue weighted by atomic mass is 16.4. The fraction of sp³-hybridized carbons (Fsp3) is 0.211. The first-order valence-electron chi connectivity index (χ1n) is 7.96. The molecular formula is C19H22N4O2. The molecule has 6 nitrogen and oxygen atoms in total. The Morgan fingerprint density at radius 2 is 1.40 bits per heavy atom. The number of carboxylic acids is 1. The Kier molecular flexibility index (Phi) is 5.89. The number of carbonyl (C=O) groups is 1. The fourth-order valence-corrected chi connectivity index (χ4v) is 2.72. The van der Waals surface area contributed by atoms with Crippen LogP contribution in [0.5, 0.6) is 0 Å². The van der Waals surface area contributed by atoms with Crippen LogP contribution in [0.2, 0.25) is 0 Å². The second kappa shape index (κ2) is 8.10. The van der Waals surface area contributed by atoms with Gasteiger partial charge >= 0.3 is 5.97 Å². The lowest BCUT2D eigenvalue weighted by molar-refractivity contribution is -0.137. The average molecular weight is 338 g/mol. The van der Waals surface area contributed by atoms with Gasteiger partial charge in [0.1, 0.15) is 11.7 Å². The van der Waals surface area contributed by atoms with Crippen molar-refractivity contribution >= 4 is 17.6 Å². The molecule has 0 aromatic heterocycles. The van der Waals surface area contributed by atoms with E-state index in [1.54, 1.807) is 24.3 Å². The van der Waals surface area contributed by atoms with Crippen LogP contribution in [0, 0.1) is 10.8 Å². The highest BCUT2D eigenvalue weighted by Crippen LogP contribution is 2.26. The number of nitrogen functional groups attached to an aromatic ring is 2. The van der Waals surface area contributed by atoms with Crippen LogP contribution in [0.4, 0.5) is 0 Å². The molecule has 2 rings (SSSR count). The number of nitrogens with one attached hydrogen (secondary N) is 2. The number of carboxylic acid groups (broad SMARTS) is 1. The lowest BCUT2D eigenvalue weighted by Gasteiger charge is -2.16. The Hall–Kier alpha value is -3.15. The SMILES string of the molecule is N=C(N)c1ccc(CCC(CC(=O)O)c2ccc(C(=N)N)cc2)cc1. The van der Waals surface area contributed by atoms with Crippen molar-refractivity contribution in [3.05, 3.63) is 70.8 Å². The van der Waals surface area contributed by atoms with Gasteiger partial charge in [0.15, 0.2) is 0 Å². The molecule has 1 atom stereocenters. The van der Waals surface area contributed by atoms with Crippen molar-refractivity contribution in [2.24, 2.45) is 11.5 Å². The molecule has 1 unspecified atom stereocenters. The van der Waals surface area contributed by atoms with Crippen LogP contribution in [-0.2, 0) is 11.2 Å². The summed E-state index contributed by atoms with van der Waals surface area (Å²) in [5.74, 6) is -0.939. The fourth-order valence-electron chi connectivity index (χ4n) is 2.72. The van der Waals surface area contributed by atoms with Crippen LogP contribution < -0.4 is 11.5 Å². The number of hydrogen-bond donors (Lipinski definition) is 5. The van der Waals surface area contributed by atoms with Gasteiger partial charge in [-0.2, -0.15) is 0 Å². The van der Waals surface area contributed by atoms with Gasteiger partial charge in [-0.25, -0.2) is 0 Å². The number of aryl methyl sites for hydroxylation is 1. The van der Waals surface area contributed by atoms with Crippen LogP contribution in [0.25, 0.3) is 0 Å². The monoisotopic (exact) mass is 338 g/mol. The van der Waals surface area contributed by atoms with Gasteiger partial charge in [-0.1, -0.05) is 48.5 Å². The molecule has 0 fully saturated rings. The van der Waals surface area contributed by atoms with Crippen molar-refractivity contribution in [2.45, 2.75) is 25.2 Å².